The van der Waals surface area contributed by atoms with Crippen LogP contribution in [0.25, 0.3) is 0 Å². The minimum absolute atomic E-state index is 0.477. The van der Waals surface area contributed by atoms with Gasteiger partial charge in [-0.25, -0.2) is 0 Å². The van der Waals surface area contributed by atoms with Gasteiger partial charge >= 0.3 is 0 Å². The van der Waals surface area contributed by atoms with E-state index >= 15 is 0 Å². The van der Waals surface area contributed by atoms with E-state index in [-0.39, 0.29) is 0 Å². The van der Waals surface area contributed by atoms with Gasteiger partial charge in [0.15, 0.2) is 23.0 Å². The van der Waals surface area contributed by atoms with Crippen molar-refractivity contribution in [1.82, 2.24) is 0 Å². The van der Waals surface area contributed by atoms with Gasteiger partial charge in [-0.3, -0.25) is 0 Å². The molecule has 4 aromatic rings. The van der Waals surface area contributed by atoms with Gasteiger partial charge in [-0.2, -0.15) is 0 Å². The summed E-state index contributed by atoms with van der Waals surface area (Å²) in [4.78, 5) is 0. The lowest BCUT2D eigenvalue weighted by molar-refractivity contribution is 0.330. The molecule has 0 saturated heterocycles. The Balaban J connectivity index is 1.59. The Labute approximate surface area is 242 Å². The Morgan fingerprint density at radius 1 is 0.415 bits per heavy atom. The molecule has 0 aliphatic rings. The van der Waals surface area contributed by atoms with Crippen LogP contribution in [0.5, 0.6) is 46.0 Å². The Morgan fingerprint density at radius 2 is 1.02 bits per heavy atom. The van der Waals surface area contributed by atoms with Crippen molar-refractivity contribution in [2.45, 2.75) is 25.7 Å². The van der Waals surface area contributed by atoms with Crippen molar-refractivity contribution in [2.24, 2.45) is 0 Å². The number of ether oxygens (including phenoxy) is 7. The fourth-order valence-corrected chi connectivity index (χ4v) is 4.69. The van der Waals surface area contributed by atoms with Crippen molar-refractivity contribution in [3.63, 3.8) is 0 Å². The van der Waals surface area contributed by atoms with Gasteiger partial charge in [0, 0.05) is 6.07 Å². The molecule has 0 amide bonds. The molecule has 0 aliphatic heterocycles. The molecule has 0 aromatic heterocycles. The maximum atomic E-state index is 6.45. The van der Waals surface area contributed by atoms with Crippen LogP contribution >= 0.6 is 0 Å². The zero-order valence-electron chi connectivity index (χ0n) is 24.6. The Bertz CT molecular complexity index is 1400. The molecule has 0 fully saturated rings. The van der Waals surface area contributed by atoms with Crippen LogP contribution in [-0.2, 0) is 25.7 Å². The van der Waals surface area contributed by atoms with Crippen molar-refractivity contribution in [3.8, 4) is 46.0 Å². The molecule has 7 heteroatoms. The molecule has 4 aromatic carbocycles. The van der Waals surface area contributed by atoms with Crippen LogP contribution in [0.2, 0.25) is 0 Å². The van der Waals surface area contributed by atoms with Gasteiger partial charge < -0.3 is 33.2 Å². The molecular weight excluding hydrogens is 520 g/mol. The number of rotatable bonds is 14. The number of hydrogen-bond acceptors (Lipinski definition) is 7. The van der Waals surface area contributed by atoms with Gasteiger partial charge in [0.2, 0.25) is 5.75 Å². The predicted molar refractivity (Wildman–Crippen MR) is 160 cm³/mol. The standard InChI is InChI=1S/C34H38O7/c1-35-27-16-13-23(14-17-27)10-11-25-19-32(39-5)34(33(20-25)40-6)41-31-21-26(29(37-3)22-30(31)38-4)15-12-24-8-7-9-28(18-24)36-2/h7-9,13-14,16-22H,10-12,15H2,1-6H3. The molecule has 4 rings (SSSR count). The summed E-state index contributed by atoms with van der Waals surface area (Å²) in [6, 6.07) is 23.9. The van der Waals surface area contributed by atoms with E-state index in [2.05, 4.69) is 18.2 Å². The molecule has 0 unspecified atom stereocenters. The molecule has 0 radical (unpaired) electrons. The van der Waals surface area contributed by atoms with E-state index in [4.69, 9.17) is 33.2 Å². The first-order chi connectivity index (χ1) is 20.0. The second-order valence-corrected chi connectivity index (χ2v) is 9.45. The lowest BCUT2D eigenvalue weighted by Crippen LogP contribution is -2.01. The summed E-state index contributed by atoms with van der Waals surface area (Å²) in [5.74, 6) is 5.11. The monoisotopic (exact) mass is 558 g/mol. The summed E-state index contributed by atoms with van der Waals surface area (Å²) in [5.41, 5.74) is 4.44. The summed E-state index contributed by atoms with van der Waals surface area (Å²) in [6.07, 6.45) is 3.20. The first kappa shape index (κ1) is 29.5. The second kappa shape index (κ2) is 14.2. The van der Waals surface area contributed by atoms with E-state index in [0.29, 0.717) is 28.7 Å². The van der Waals surface area contributed by atoms with Gasteiger partial charge in [-0.1, -0.05) is 24.3 Å². The van der Waals surface area contributed by atoms with Crippen LogP contribution in [0.3, 0.4) is 0 Å². The minimum Gasteiger partial charge on any atom is -0.497 e. The topological polar surface area (TPSA) is 64.6 Å². The van der Waals surface area contributed by atoms with Crippen LogP contribution in [0, 0.1) is 0 Å². The number of aryl methyl sites for hydroxylation is 4. The van der Waals surface area contributed by atoms with Gasteiger partial charge in [0.05, 0.1) is 42.7 Å². The zero-order valence-corrected chi connectivity index (χ0v) is 24.6. The number of benzene rings is 4. The van der Waals surface area contributed by atoms with Crippen molar-refractivity contribution < 1.29 is 33.2 Å². The third-order valence-electron chi connectivity index (χ3n) is 6.98. The van der Waals surface area contributed by atoms with E-state index in [1.807, 2.05) is 54.6 Å². The Morgan fingerprint density at radius 3 is 1.63 bits per heavy atom. The van der Waals surface area contributed by atoms with Crippen LogP contribution in [0.1, 0.15) is 22.3 Å². The van der Waals surface area contributed by atoms with Crippen LogP contribution in [-0.4, -0.2) is 42.7 Å². The largest absolute Gasteiger partial charge is 0.497 e. The van der Waals surface area contributed by atoms with Gasteiger partial charge in [0.1, 0.15) is 17.2 Å². The van der Waals surface area contributed by atoms with Crippen molar-refractivity contribution >= 4 is 0 Å². The predicted octanol–water partition coefficient (Wildman–Crippen LogP) is 7.10. The van der Waals surface area contributed by atoms with Gasteiger partial charge in [-0.05, 0) is 90.4 Å². The first-order valence-electron chi connectivity index (χ1n) is 13.4. The average Bonchev–Trinajstić information content (AvgIpc) is 3.03. The molecule has 216 valence electrons. The summed E-state index contributed by atoms with van der Waals surface area (Å²) in [7, 11) is 9.85. The first-order valence-corrected chi connectivity index (χ1v) is 13.4. The smallest absolute Gasteiger partial charge is 0.211 e. The van der Waals surface area contributed by atoms with E-state index in [1.54, 1.807) is 42.7 Å². The Kier molecular flexibility index (Phi) is 10.2. The summed E-state index contributed by atoms with van der Waals surface area (Å²) in [5, 5.41) is 0. The van der Waals surface area contributed by atoms with Gasteiger partial charge in [-0.15, -0.1) is 0 Å². The highest BCUT2D eigenvalue weighted by molar-refractivity contribution is 5.59. The molecule has 0 N–H and O–H groups in total. The van der Waals surface area contributed by atoms with Crippen LogP contribution in [0.4, 0.5) is 0 Å². The lowest BCUT2D eigenvalue weighted by atomic mass is 10.0. The van der Waals surface area contributed by atoms with E-state index < -0.39 is 0 Å². The molecule has 41 heavy (non-hydrogen) atoms. The minimum atomic E-state index is 0.477. The molecule has 0 spiro atoms. The second-order valence-electron chi connectivity index (χ2n) is 9.45. The summed E-state index contributed by atoms with van der Waals surface area (Å²) in [6.45, 7) is 0. The van der Waals surface area contributed by atoms with E-state index in [0.717, 1.165) is 54.1 Å². The van der Waals surface area contributed by atoms with Crippen molar-refractivity contribution in [3.05, 3.63) is 95.1 Å². The number of hydrogen-bond donors (Lipinski definition) is 0. The SMILES string of the molecule is COc1ccc(CCc2cc(OC)c(Oc3cc(CCc4cccc(OC)c4)c(OC)cc3OC)c(OC)c2)cc1. The molecule has 0 aliphatic carbocycles. The van der Waals surface area contributed by atoms with Crippen molar-refractivity contribution in [2.75, 3.05) is 42.7 Å². The molecule has 0 bridgehead atoms. The maximum absolute atomic E-state index is 6.45. The summed E-state index contributed by atoms with van der Waals surface area (Å²) < 4.78 is 40.0. The molecule has 7 nitrogen and oxygen atoms in total. The van der Waals surface area contributed by atoms with E-state index in [1.165, 1.54) is 11.1 Å². The van der Waals surface area contributed by atoms with Gasteiger partial charge in [0.25, 0.3) is 0 Å². The normalized spacial score (nSPS) is 10.6. The fourth-order valence-electron chi connectivity index (χ4n) is 4.69. The average molecular weight is 559 g/mol. The fraction of sp³-hybridized carbons (Fsp3) is 0.294. The maximum Gasteiger partial charge on any atom is 0.211 e. The van der Waals surface area contributed by atoms with E-state index in [9.17, 15) is 0 Å². The van der Waals surface area contributed by atoms with Crippen LogP contribution in [0.15, 0.2) is 72.8 Å². The third kappa shape index (κ3) is 7.37. The molecular formula is C34H38O7. The van der Waals surface area contributed by atoms with Crippen LogP contribution < -0.4 is 33.2 Å². The third-order valence-corrected chi connectivity index (χ3v) is 6.98. The highest BCUT2D eigenvalue weighted by Crippen LogP contribution is 2.45. The molecule has 0 heterocycles. The highest BCUT2D eigenvalue weighted by Gasteiger charge is 2.20. The highest BCUT2D eigenvalue weighted by atomic mass is 16.6. The van der Waals surface area contributed by atoms with Crippen molar-refractivity contribution in [1.29, 1.82) is 0 Å². The lowest BCUT2D eigenvalue weighted by Gasteiger charge is -2.19. The summed E-state index contributed by atoms with van der Waals surface area (Å²) >= 11 is 0. The quantitative estimate of drug-likeness (QED) is 0.164. The number of methoxy groups -OCH3 is 6. The zero-order chi connectivity index (χ0) is 29.2. The molecule has 0 saturated carbocycles. The Hall–Kier alpha value is -4.52. The molecule has 0 atom stereocenters.